The number of hydrogen-bond acceptors (Lipinski definition) is 7. The minimum atomic E-state index is -0.118. The lowest BCUT2D eigenvalue weighted by Gasteiger charge is -2.13. The van der Waals surface area contributed by atoms with Gasteiger partial charge in [0, 0.05) is 18.2 Å². The van der Waals surface area contributed by atoms with Gasteiger partial charge < -0.3 is 10.1 Å². The summed E-state index contributed by atoms with van der Waals surface area (Å²) in [5.74, 6) is 1.42. The summed E-state index contributed by atoms with van der Waals surface area (Å²) in [7, 11) is 3.27. The number of esters is 1. The van der Waals surface area contributed by atoms with Crippen LogP contribution in [0.4, 0.5) is 5.95 Å². The highest BCUT2D eigenvalue weighted by Crippen LogP contribution is 2.52. The molecule has 7 heteroatoms. The molecule has 0 aliphatic heterocycles. The van der Waals surface area contributed by atoms with E-state index in [1.807, 2.05) is 12.4 Å². The van der Waals surface area contributed by atoms with Gasteiger partial charge in [-0.15, -0.1) is 23.1 Å². The van der Waals surface area contributed by atoms with E-state index in [9.17, 15) is 4.79 Å². The van der Waals surface area contributed by atoms with E-state index in [4.69, 9.17) is 4.74 Å². The van der Waals surface area contributed by atoms with E-state index in [-0.39, 0.29) is 11.4 Å². The number of rotatable bonds is 6. The Hall–Kier alpha value is -1.34. The monoisotopic (exact) mass is 323 g/mol. The van der Waals surface area contributed by atoms with Crippen LogP contribution in [0.25, 0.3) is 10.2 Å². The van der Waals surface area contributed by atoms with Crippen LogP contribution in [0, 0.1) is 5.41 Å². The standard InChI is InChI=1S/C14H17N3O2S2/c1-15-13-16-11-9(3-6-20-11)12(17-13)21-8-14(4-5-14)7-10(18)19-2/h3,6H,4-5,7-8H2,1-2H3,(H,15,16,17). The predicted molar refractivity (Wildman–Crippen MR) is 86.0 cm³/mol. The van der Waals surface area contributed by atoms with Crippen LogP contribution in [-0.2, 0) is 9.53 Å². The van der Waals surface area contributed by atoms with Crippen LogP contribution in [0.1, 0.15) is 19.3 Å². The lowest BCUT2D eigenvalue weighted by molar-refractivity contribution is -0.141. The quantitative estimate of drug-likeness (QED) is 0.500. The van der Waals surface area contributed by atoms with Crippen LogP contribution in [0.2, 0.25) is 0 Å². The third-order valence-corrected chi connectivity index (χ3v) is 5.88. The first-order valence-electron chi connectivity index (χ1n) is 6.78. The molecule has 1 saturated carbocycles. The van der Waals surface area contributed by atoms with Gasteiger partial charge in [-0.3, -0.25) is 4.79 Å². The van der Waals surface area contributed by atoms with Gasteiger partial charge >= 0.3 is 5.97 Å². The molecular formula is C14H17N3O2S2. The number of thioether (sulfide) groups is 1. The van der Waals surface area contributed by atoms with Crippen molar-refractivity contribution in [2.24, 2.45) is 5.41 Å². The van der Waals surface area contributed by atoms with E-state index in [2.05, 4.69) is 21.4 Å². The fourth-order valence-electron chi connectivity index (χ4n) is 2.20. The van der Waals surface area contributed by atoms with Crippen molar-refractivity contribution in [2.45, 2.75) is 24.3 Å². The largest absolute Gasteiger partial charge is 0.469 e. The SMILES string of the molecule is CNc1nc(SCC2(CC(=O)OC)CC2)c2ccsc2n1. The highest BCUT2D eigenvalue weighted by Gasteiger charge is 2.44. The Bertz CT molecular complexity index is 667. The zero-order valence-corrected chi connectivity index (χ0v) is 13.6. The lowest BCUT2D eigenvalue weighted by atomic mass is 10.1. The van der Waals surface area contributed by atoms with Crippen LogP contribution < -0.4 is 5.32 Å². The number of carbonyl (C=O) groups excluding carboxylic acids is 1. The summed E-state index contributed by atoms with van der Waals surface area (Å²) in [5, 5.41) is 7.12. The molecule has 2 heterocycles. The van der Waals surface area contributed by atoms with Gasteiger partial charge in [0.2, 0.25) is 5.95 Å². The maximum atomic E-state index is 11.5. The number of anilines is 1. The van der Waals surface area contributed by atoms with E-state index in [1.165, 1.54) is 7.11 Å². The molecule has 1 aliphatic carbocycles. The molecule has 112 valence electrons. The number of fused-ring (bicyclic) bond motifs is 1. The van der Waals surface area contributed by atoms with Crippen LogP contribution in [0.5, 0.6) is 0 Å². The summed E-state index contributed by atoms with van der Waals surface area (Å²) in [6, 6.07) is 2.06. The fraction of sp³-hybridized carbons (Fsp3) is 0.500. The maximum Gasteiger partial charge on any atom is 0.306 e. The van der Waals surface area contributed by atoms with Crippen molar-refractivity contribution >= 4 is 45.2 Å². The Labute approximate surface area is 131 Å². The second kappa shape index (κ2) is 5.81. The summed E-state index contributed by atoms with van der Waals surface area (Å²) in [6.07, 6.45) is 2.69. The molecule has 0 amide bonds. The molecule has 0 spiro atoms. The van der Waals surface area contributed by atoms with Crippen molar-refractivity contribution in [3.63, 3.8) is 0 Å². The van der Waals surface area contributed by atoms with Gasteiger partial charge in [0.15, 0.2) is 0 Å². The van der Waals surface area contributed by atoms with Crippen molar-refractivity contribution in [3.8, 4) is 0 Å². The van der Waals surface area contributed by atoms with Crippen LogP contribution in [-0.4, -0.2) is 35.8 Å². The summed E-state index contributed by atoms with van der Waals surface area (Å²) in [4.78, 5) is 21.5. The van der Waals surface area contributed by atoms with Crippen molar-refractivity contribution in [1.82, 2.24) is 9.97 Å². The molecular weight excluding hydrogens is 306 g/mol. The lowest BCUT2D eigenvalue weighted by Crippen LogP contribution is -2.13. The molecule has 5 nitrogen and oxygen atoms in total. The zero-order valence-electron chi connectivity index (χ0n) is 12.0. The molecule has 1 fully saturated rings. The number of nitrogens with one attached hydrogen (secondary N) is 1. The number of carbonyl (C=O) groups is 1. The molecule has 2 aromatic rings. The number of ether oxygens (including phenoxy) is 1. The number of methoxy groups -OCH3 is 1. The maximum absolute atomic E-state index is 11.5. The van der Waals surface area contributed by atoms with E-state index < -0.39 is 0 Å². The molecule has 0 bridgehead atoms. The van der Waals surface area contributed by atoms with Crippen molar-refractivity contribution in [3.05, 3.63) is 11.4 Å². The molecule has 1 N–H and O–H groups in total. The highest BCUT2D eigenvalue weighted by atomic mass is 32.2. The molecule has 3 rings (SSSR count). The molecule has 21 heavy (non-hydrogen) atoms. The van der Waals surface area contributed by atoms with Gasteiger partial charge in [-0.05, 0) is 29.7 Å². The van der Waals surface area contributed by atoms with Crippen LogP contribution in [0.3, 0.4) is 0 Å². The van der Waals surface area contributed by atoms with Crippen molar-refractivity contribution in [1.29, 1.82) is 0 Å². The second-order valence-corrected chi connectivity index (χ2v) is 7.14. The molecule has 0 aromatic carbocycles. The average molecular weight is 323 g/mol. The Morgan fingerprint density at radius 2 is 2.33 bits per heavy atom. The smallest absolute Gasteiger partial charge is 0.306 e. The van der Waals surface area contributed by atoms with Gasteiger partial charge in [-0.2, -0.15) is 0 Å². The third kappa shape index (κ3) is 3.13. The van der Waals surface area contributed by atoms with E-state index in [1.54, 1.807) is 23.1 Å². The van der Waals surface area contributed by atoms with E-state index >= 15 is 0 Å². The first kappa shape index (κ1) is 14.6. The van der Waals surface area contributed by atoms with Gasteiger partial charge in [-0.1, -0.05) is 0 Å². The number of hydrogen-bond donors (Lipinski definition) is 1. The van der Waals surface area contributed by atoms with Crippen LogP contribution >= 0.6 is 23.1 Å². The minimum Gasteiger partial charge on any atom is -0.469 e. The Kier molecular flexibility index (Phi) is 4.03. The summed E-state index contributed by atoms with van der Waals surface area (Å²) in [5.41, 5.74) is 0.102. The molecule has 0 radical (unpaired) electrons. The van der Waals surface area contributed by atoms with E-state index in [0.29, 0.717) is 12.4 Å². The second-order valence-electron chi connectivity index (χ2n) is 5.28. The highest BCUT2D eigenvalue weighted by molar-refractivity contribution is 7.99. The van der Waals surface area contributed by atoms with Gasteiger partial charge in [-0.25, -0.2) is 9.97 Å². The Balaban J connectivity index is 1.76. The fourth-order valence-corrected chi connectivity index (χ4v) is 4.33. The third-order valence-electron chi connectivity index (χ3n) is 3.73. The topological polar surface area (TPSA) is 64.1 Å². The molecule has 0 unspecified atom stereocenters. The predicted octanol–water partition coefficient (Wildman–Crippen LogP) is 3.17. The average Bonchev–Trinajstić information content (AvgIpc) is 3.09. The minimum absolute atomic E-state index is 0.102. The van der Waals surface area contributed by atoms with E-state index in [0.717, 1.165) is 33.8 Å². The Morgan fingerprint density at radius 3 is 3.00 bits per heavy atom. The summed E-state index contributed by atoms with van der Waals surface area (Å²) < 4.78 is 4.79. The van der Waals surface area contributed by atoms with Crippen molar-refractivity contribution in [2.75, 3.05) is 25.2 Å². The zero-order chi connectivity index (χ0) is 14.9. The normalized spacial score (nSPS) is 15.9. The molecule has 0 atom stereocenters. The first-order valence-corrected chi connectivity index (χ1v) is 8.65. The van der Waals surface area contributed by atoms with Crippen molar-refractivity contribution < 1.29 is 9.53 Å². The molecule has 0 saturated heterocycles. The van der Waals surface area contributed by atoms with Crippen LogP contribution in [0.15, 0.2) is 16.5 Å². The van der Waals surface area contributed by atoms with Gasteiger partial charge in [0.25, 0.3) is 0 Å². The number of aromatic nitrogens is 2. The first-order chi connectivity index (χ1) is 10.2. The van der Waals surface area contributed by atoms with Gasteiger partial charge in [0.1, 0.15) is 9.86 Å². The summed E-state index contributed by atoms with van der Waals surface area (Å²) >= 11 is 3.33. The molecule has 2 aromatic heterocycles. The summed E-state index contributed by atoms with van der Waals surface area (Å²) in [6.45, 7) is 0. The number of thiophene rings is 1. The van der Waals surface area contributed by atoms with Gasteiger partial charge in [0.05, 0.1) is 13.5 Å². The Morgan fingerprint density at radius 1 is 1.52 bits per heavy atom. The number of nitrogens with zero attached hydrogens (tertiary/aromatic N) is 2. The molecule has 1 aliphatic rings.